The first kappa shape index (κ1) is 23.7. The van der Waals surface area contributed by atoms with Crippen molar-refractivity contribution in [2.45, 2.75) is 23.6 Å². The molecule has 0 aliphatic rings. The van der Waals surface area contributed by atoms with Crippen LogP contribution in [0.5, 0.6) is 0 Å². The second-order valence-corrected chi connectivity index (χ2v) is 9.52. The fourth-order valence-corrected chi connectivity index (χ4v) is 5.29. The molecule has 0 aromatic heterocycles. The molecule has 0 unspecified atom stereocenters. The van der Waals surface area contributed by atoms with Gasteiger partial charge in [-0.15, -0.1) is 4.79 Å². The van der Waals surface area contributed by atoms with Gasteiger partial charge in [-0.25, -0.2) is 16.8 Å². The number of hydrogen-bond acceptors (Lipinski definition) is 8. The minimum Gasteiger partial charge on any atom is -0.411 e. The van der Waals surface area contributed by atoms with Gasteiger partial charge in [0.25, 0.3) is 19.7 Å². The fourth-order valence-electron chi connectivity index (χ4n) is 1.95. The van der Waals surface area contributed by atoms with Crippen molar-refractivity contribution in [1.29, 1.82) is 0 Å². The summed E-state index contributed by atoms with van der Waals surface area (Å²) in [6.45, 7) is 3.53. The lowest BCUT2D eigenvalue weighted by molar-refractivity contribution is 0.00380. The molecule has 12 heteroatoms. The first-order valence-corrected chi connectivity index (χ1v) is 10.8. The molecule has 10 nitrogen and oxygen atoms in total. The zero-order valence-corrected chi connectivity index (χ0v) is 17.0. The van der Waals surface area contributed by atoms with Crippen LogP contribution in [0.4, 0.5) is 0 Å². The number of oxime groups is 2. The Kier molecular flexibility index (Phi) is 8.39. The minimum atomic E-state index is -4.47. The van der Waals surface area contributed by atoms with Crippen LogP contribution in [-0.2, 0) is 19.7 Å². The van der Waals surface area contributed by atoms with E-state index in [1.807, 2.05) is 0 Å². The van der Waals surface area contributed by atoms with E-state index in [0.717, 1.165) is 23.6 Å². The molecule has 0 amide bonds. The highest BCUT2D eigenvalue weighted by molar-refractivity contribution is 8.31. The van der Waals surface area contributed by atoms with Gasteiger partial charge in [0.05, 0.1) is 22.2 Å². The maximum absolute atomic E-state index is 12.5. The van der Waals surface area contributed by atoms with Gasteiger partial charge in [0.1, 0.15) is 0 Å². The van der Waals surface area contributed by atoms with Crippen LogP contribution in [0.25, 0.3) is 5.53 Å². The number of aryl methyl sites for hydroxylation is 2. The molecule has 2 rings (SSSR count). The lowest BCUT2D eigenvalue weighted by Gasteiger charge is -2.03. The van der Waals surface area contributed by atoms with Crippen molar-refractivity contribution in [2.24, 2.45) is 10.3 Å². The maximum Gasteiger partial charge on any atom is 0.504 e. The summed E-state index contributed by atoms with van der Waals surface area (Å²) in [7, 11) is -8.94. The summed E-state index contributed by atoms with van der Waals surface area (Å²) in [5, 5.41) is 20.1. The van der Waals surface area contributed by atoms with Crippen LogP contribution < -0.4 is 0 Å². The van der Waals surface area contributed by atoms with Crippen LogP contribution in [0.1, 0.15) is 11.1 Å². The second-order valence-electron chi connectivity index (χ2n) is 5.53. The summed E-state index contributed by atoms with van der Waals surface area (Å²) < 4.78 is 48.7. The third-order valence-electron chi connectivity index (χ3n) is 3.40. The van der Waals surface area contributed by atoms with Gasteiger partial charge in [-0.2, -0.15) is 0 Å². The Balaban J connectivity index is 0.000000612. The molecule has 0 heterocycles. The highest BCUT2D eigenvalue weighted by atomic mass is 32.3. The fraction of sp³-hybridized carbons (Fsp3) is 0.118. The van der Waals surface area contributed by atoms with E-state index in [-0.39, 0.29) is 9.79 Å². The molecule has 0 aliphatic heterocycles. The molecular weight excluding hydrogens is 420 g/mol. The smallest absolute Gasteiger partial charge is 0.411 e. The SMILES string of the molecule is Cc1ccc(S(=O)(=O)C(=[N+]=[N-])S(=O)(=O)c2ccc(C)cc2)cc1.O/N=C/C=N/O. The predicted molar refractivity (Wildman–Crippen MR) is 106 cm³/mol. The minimum absolute atomic E-state index is 0.258. The van der Waals surface area contributed by atoms with Crippen LogP contribution in [0.3, 0.4) is 0 Å². The molecule has 0 spiro atoms. The van der Waals surface area contributed by atoms with E-state index in [1.165, 1.54) is 48.5 Å². The Morgan fingerprint density at radius 2 is 1.10 bits per heavy atom. The molecule has 2 N–H and O–H groups in total. The highest BCUT2D eigenvalue weighted by Gasteiger charge is 2.43. The summed E-state index contributed by atoms with van der Waals surface area (Å²) in [4.78, 5) is 2.05. The van der Waals surface area contributed by atoms with E-state index in [9.17, 15) is 16.8 Å². The number of hydrogen-bond donors (Lipinski definition) is 2. The molecule has 154 valence electrons. The Morgan fingerprint density at radius 1 is 0.793 bits per heavy atom. The van der Waals surface area contributed by atoms with Crippen LogP contribution in [0, 0.1) is 13.8 Å². The monoisotopic (exact) mass is 438 g/mol. The van der Waals surface area contributed by atoms with Gasteiger partial charge in [-0.1, -0.05) is 45.7 Å². The van der Waals surface area contributed by atoms with Gasteiger partial charge < -0.3 is 15.9 Å². The predicted octanol–water partition coefficient (Wildman–Crippen LogP) is 2.04. The molecule has 0 fully saturated rings. The Labute approximate surface area is 167 Å². The molecule has 0 bridgehead atoms. The molecular formula is C17H18N4O6S2. The zero-order valence-electron chi connectivity index (χ0n) is 15.4. The van der Waals surface area contributed by atoms with E-state index in [1.54, 1.807) is 13.8 Å². The largest absolute Gasteiger partial charge is 0.504 e. The van der Waals surface area contributed by atoms with Crippen molar-refractivity contribution in [3.63, 3.8) is 0 Å². The van der Waals surface area contributed by atoms with Gasteiger partial charge in [-0.05, 0) is 38.1 Å². The van der Waals surface area contributed by atoms with Gasteiger partial charge in [-0.3, -0.25) is 0 Å². The third kappa shape index (κ3) is 6.07. The van der Waals surface area contributed by atoms with E-state index in [2.05, 4.69) is 15.1 Å². The summed E-state index contributed by atoms with van der Waals surface area (Å²) in [6, 6.07) is 11.2. The number of rotatable bonds is 3. The average Bonchev–Trinajstić information content (AvgIpc) is 2.67. The Morgan fingerprint density at radius 3 is 1.34 bits per heavy atom. The quantitative estimate of drug-likeness (QED) is 0.185. The third-order valence-corrected chi connectivity index (χ3v) is 7.59. The first-order valence-electron chi connectivity index (χ1n) is 7.80. The van der Waals surface area contributed by atoms with Crippen molar-refractivity contribution >= 4 is 36.5 Å². The zero-order chi connectivity index (χ0) is 22.1. The van der Waals surface area contributed by atoms with Crippen LogP contribution in [0.2, 0.25) is 0 Å². The Bertz CT molecular complexity index is 1060. The first-order chi connectivity index (χ1) is 13.6. The lowest BCUT2D eigenvalue weighted by atomic mass is 10.2. The van der Waals surface area contributed by atoms with Crippen LogP contribution >= 0.6 is 0 Å². The summed E-state index contributed by atoms with van der Waals surface area (Å²) in [5.74, 6) is 0. The molecule has 2 aromatic rings. The summed E-state index contributed by atoms with van der Waals surface area (Å²) in [5.41, 5.74) is 10.7. The van der Waals surface area contributed by atoms with Gasteiger partial charge >= 0.3 is 4.38 Å². The van der Waals surface area contributed by atoms with E-state index in [4.69, 9.17) is 15.9 Å². The van der Waals surface area contributed by atoms with Gasteiger partial charge in [0.15, 0.2) is 0 Å². The molecule has 2 aromatic carbocycles. The molecule has 0 aliphatic carbocycles. The number of benzene rings is 2. The average molecular weight is 438 g/mol. The molecule has 0 saturated heterocycles. The normalized spacial score (nSPS) is 11.7. The van der Waals surface area contributed by atoms with Crippen molar-refractivity contribution < 1.29 is 32.0 Å². The maximum atomic E-state index is 12.5. The highest BCUT2D eigenvalue weighted by Crippen LogP contribution is 2.21. The lowest BCUT2D eigenvalue weighted by Crippen LogP contribution is -2.26. The molecule has 0 atom stereocenters. The van der Waals surface area contributed by atoms with E-state index >= 15 is 0 Å². The van der Waals surface area contributed by atoms with E-state index < -0.39 is 24.1 Å². The molecule has 29 heavy (non-hydrogen) atoms. The molecule has 0 saturated carbocycles. The summed E-state index contributed by atoms with van der Waals surface area (Å²) >= 11 is 0. The number of nitrogens with zero attached hydrogens (tertiary/aromatic N) is 4. The second kappa shape index (κ2) is 10.3. The van der Waals surface area contributed by atoms with Crippen LogP contribution in [-0.4, -0.2) is 48.8 Å². The standard InChI is InChI=1S/C15H14N2O4S2.C2H4N2O2/c1-11-3-7-13(8-4-11)22(18,19)15(17-16)23(20,21)14-9-5-12(2)6-10-14;5-3-1-2-4-6/h3-10H,1-2H3;1-2,5-6H/b;3-1+,4-2+. The van der Waals surface area contributed by atoms with Crippen LogP contribution in [0.15, 0.2) is 68.6 Å². The molecule has 0 radical (unpaired) electrons. The van der Waals surface area contributed by atoms with E-state index in [0.29, 0.717) is 0 Å². The van der Waals surface area contributed by atoms with Gasteiger partial charge in [0.2, 0.25) is 0 Å². The van der Waals surface area contributed by atoms with Crippen molar-refractivity contribution in [2.75, 3.05) is 0 Å². The van der Waals surface area contributed by atoms with Crippen molar-refractivity contribution in [3.8, 4) is 0 Å². The topological polar surface area (TPSA) is 170 Å². The Hall–Kier alpha value is -3.34. The van der Waals surface area contributed by atoms with Crippen molar-refractivity contribution in [3.05, 3.63) is 65.2 Å². The van der Waals surface area contributed by atoms with Crippen molar-refractivity contribution in [1.82, 2.24) is 0 Å². The number of sulfone groups is 2. The van der Waals surface area contributed by atoms with Gasteiger partial charge in [0, 0.05) is 0 Å². The summed E-state index contributed by atoms with van der Waals surface area (Å²) in [6.07, 6.45) is 1.89.